The minimum atomic E-state index is 0.289. The van der Waals surface area contributed by atoms with E-state index in [0.29, 0.717) is 0 Å². The number of benzene rings is 1. The monoisotopic (exact) mass is 340 g/mol. The first kappa shape index (κ1) is 17.8. The molecule has 134 valence electrons. The van der Waals surface area contributed by atoms with Gasteiger partial charge in [-0.25, -0.2) is 4.68 Å². The Labute approximate surface area is 150 Å². The molecule has 6 nitrogen and oxygen atoms in total. The van der Waals surface area contributed by atoms with E-state index >= 15 is 0 Å². The Morgan fingerprint density at radius 3 is 2.60 bits per heavy atom. The molecule has 2 aromatic rings. The maximum Gasteiger partial charge on any atom is 0.168 e. The molecule has 1 fully saturated rings. The third kappa shape index (κ3) is 4.52. The van der Waals surface area contributed by atoms with Gasteiger partial charge in [-0.2, -0.15) is 0 Å². The summed E-state index contributed by atoms with van der Waals surface area (Å²) in [4.78, 5) is 4.96. The van der Waals surface area contributed by atoms with Crippen molar-refractivity contribution >= 4 is 0 Å². The van der Waals surface area contributed by atoms with Crippen LogP contribution >= 0.6 is 0 Å². The zero-order chi connectivity index (χ0) is 17.5. The van der Waals surface area contributed by atoms with Gasteiger partial charge in [-0.05, 0) is 28.8 Å². The highest BCUT2D eigenvalue weighted by molar-refractivity contribution is 5.14. The lowest BCUT2D eigenvalue weighted by Gasteiger charge is -2.38. The minimum Gasteiger partial charge on any atom is -0.297 e. The van der Waals surface area contributed by atoms with Gasteiger partial charge in [0.25, 0.3) is 0 Å². The molecule has 1 aliphatic rings. The summed E-state index contributed by atoms with van der Waals surface area (Å²) < 4.78 is 1.98. The number of aryl methyl sites for hydroxylation is 2. The van der Waals surface area contributed by atoms with Gasteiger partial charge in [0.1, 0.15) is 0 Å². The van der Waals surface area contributed by atoms with Gasteiger partial charge in [0.15, 0.2) is 5.82 Å². The highest BCUT2D eigenvalue weighted by atomic mass is 15.5. The molecular formula is C19H28N6. The van der Waals surface area contributed by atoms with Crippen LogP contribution in [0.2, 0.25) is 0 Å². The van der Waals surface area contributed by atoms with Crippen LogP contribution in [-0.2, 0) is 13.0 Å². The minimum absolute atomic E-state index is 0.289. The summed E-state index contributed by atoms with van der Waals surface area (Å²) in [5.74, 6) is 0.996. The van der Waals surface area contributed by atoms with Crippen molar-refractivity contribution in [3.8, 4) is 0 Å². The molecule has 0 radical (unpaired) electrons. The van der Waals surface area contributed by atoms with Crippen LogP contribution in [0, 0.1) is 0 Å². The number of aromatic nitrogens is 4. The molecule has 0 spiro atoms. The van der Waals surface area contributed by atoms with Gasteiger partial charge in [0.05, 0.1) is 6.04 Å². The summed E-state index contributed by atoms with van der Waals surface area (Å²) >= 11 is 0. The predicted octanol–water partition coefficient (Wildman–Crippen LogP) is 2.17. The smallest absolute Gasteiger partial charge is 0.168 e. The maximum absolute atomic E-state index is 4.36. The van der Waals surface area contributed by atoms with Gasteiger partial charge in [-0.3, -0.25) is 9.80 Å². The fourth-order valence-electron chi connectivity index (χ4n) is 3.53. The summed E-state index contributed by atoms with van der Waals surface area (Å²) in [6.07, 6.45) is 3.95. The molecule has 1 aliphatic heterocycles. The fraction of sp³-hybridized carbons (Fsp3) is 0.526. The SMILES string of the molecule is C=CCN1CCN([C@@H](CC)c2nnnn2CCc2ccccc2)CC1. The van der Waals surface area contributed by atoms with E-state index in [9.17, 15) is 0 Å². The van der Waals surface area contributed by atoms with E-state index in [-0.39, 0.29) is 6.04 Å². The van der Waals surface area contributed by atoms with Crippen molar-refractivity contribution in [1.29, 1.82) is 0 Å². The average molecular weight is 340 g/mol. The first-order chi connectivity index (χ1) is 12.3. The van der Waals surface area contributed by atoms with E-state index in [2.05, 4.69) is 63.1 Å². The molecule has 6 heteroatoms. The second kappa shape index (κ2) is 8.87. The van der Waals surface area contributed by atoms with E-state index in [4.69, 9.17) is 0 Å². The first-order valence-corrected chi connectivity index (χ1v) is 9.19. The second-order valence-electron chi connectivity index (χ2n) is 6.55. The predicted molar refractivity (Wildman–Crippen MR) is 99.2 cm³/mol. The zero-order valence-corrected chi connectivity index (χ0v) is 15.1. The third-order valence-corrected chi connectivity index (χ3v) is 4.93. The van der Waals surface area contributed by atoms with Gasteiger partial charge >= 0.3 is 0 Å². The lowest BCUT2D eigenvalue weighted by atomic mass is 10.1. The molecular weight excluding hydrogens is 312 g/mol. The van der Waals surface area contributed by atoms with Gasteiger partial charge in [0, 0.05) is 39.3 Å². The van der Waals surface area contributed by atoms with Crippen molar-refractivity contribution in [1.82, 2.24) is 30.0 Å². The fourth-order valence-corrected chi connectivity index (χ4v) is 3.53. The number of hydrogen-bond acceptors (Lipinski definition) is 5. The van der Waals surface area contributed by atoms with E-state index in [1.807, 2.05) is 16.8 Å². The van der Waals surface area contributed by atoms with Crippen molar-refractivity contribution < 1.29 is 0 Å². The Bertz CT molecular complexity index is 645. The van der Waals surface area contributed by atoms with E-state index < -0.39 is 0 Å². The van der Waals surface area contributed by atoms with Gasteiger partial charge in [-0.15, -0.1) is 11.7 Å². The third-order valence-electron chi connectivity index (χ3n) is 4.93. The van der Waals surface area contributed by atoms with Crippen molar-refractivity contribution in [2.24, 2.45) is 0 Å². The van der Waals surface area contributed by atoms with Crippen LogP contribution in [0.1, 0.15) is 30.8 Å². The van der Waals surface area contributed by atoms with Crippen molar-refractivity contribution in [2.45, 2.75) is 32.4 Å². The van der Waals surface area contributed by atoms with Crippen LogP contribution in [0.25, 0.3) is 0 Å². The highest BCUT2D eigenvalue weighted by Crippen LogP contribution is 2.23. The molecule has 1 aromatic heterocycles. The first-order valence-electron chi connectivity index (χ1n) is 9.19. The normalized spacial score (nSPS) is 17.5. The number of hydrogen-bond donors (Lipinski definition) is 0. The molecule has 3 rings (SSSR count). The van der Waals surface area contributed by atoms with Crippen LogP contribution in [0.5, 0.6) is 0 Å². The summed E-state index contributed by atoms with van der Waals surface area (Å²) in [7, 11) is 0. The van der Waals surface area contributed by atoms with Crippen LogP contribution in [0.4, 0.5) is 0 Å². The molecule has 0 N–H and O–H groups in total. The van der Waals surface area contributed by atoms with Gasteiger partial charge < -0.3 is 0 Å². The molecule has 0 saturated carbocycles. The lowest BCUT2D eigenvalue weighted by molar-refractivity contribution is 0.0947. The van der Waals surface area contributed by atoms with Crippen LogP contribution in [0.3, 0.4) is 0 Å². The molecule has 0 bridgehead atoms. The highest BCUT2D eigenvalue weighted by Gasteiger charge is 2.27. The molecule has 1 atom stereocenters. The van der Waals surface area contributed by atoms with Gasteiger partial charge in [-0.1, -0.05) is 43.3 Å². The quantitative estimate of drug-likeness (QED) is 0.689. The zero-order valence-electron chi connectivity index (χ0n) is 15.1. The van der Waals surface area contributed by atoms with Gasteiger partial charge in [0.2, 0.25) is 0 Å². The van der Waals surface area contributed by atoms with Crippen molar-refractivity contribution in [3.05, 3.63) is 54.4 Å². The summed E-state index contributed by atoms with van der Waals surface area (Å²) in [6.45, 7) is 12.1. The van der Waals surface area contributed by atoms with Crippen molar-refractivity contribution in [3.63, 3.8) is 0 Å². The average Bonchev–Trinajstić information content (AvgIpc) is 3.11. The Kier molecular flexibility index (Phi) is 6.30. The van der Waals surface area contributed by atoms with Crippen LogP contribution in [-0.4, -0.2) is 62.7 Å². The second-order valence-corrected chi connectivity index (χ2v) is 6.55. The molecule has 1 aromatic carbocycles. The molecule has 0 amide bonds. The number of nitrogens with zero attached hydrogens (tertiary/aromatic N) is 6. The summed E-state index contributed by atoms with van der Waals surface area (Å²) in [5, 5.41) is 12.6. The molecule has 1 saturated heterocycles. The maximum atomic E-state index is 4.36. The molecule has 0 unspecified atom stereocenters. The van der Waals surface area contributed by atoms with Crippen LogP contribution in [0.15, 0.2) is 43.0 Å². The summed E-state index contributed by atoms with van der Waals surface area (Å²) in [5.41, 5.74) is 1.31. The molecule has 2 heterocycles. The summed E-state index contributed by atoms with van der Waals surface area (Å²) in [6, 6.07) is 10.8. The Hall–Kier alpha value is -2.05. The molecule has 25 heavy (non-hydrogen) atoms. The standard InChI is InChI=1S/C19H28N6/c1-3-11-23-13-15-24(16-14-23)18(4-2)19-20-21-22-25(19)12-10-17-8-6-5-7-9-17/h3,5-9,18H,1,4,10-16H2,2H3/t18-/m0/s1. The molecule has 0 aliphatic carbocycles. The van der Waals surface area contributed by atoms with E-state index in [0.717, 1.165) is 57.9 Å². The van der Waals surface area contributed by atoms with Crippen LogP contribution < -0.4 is 0 Å². The topological polar surface area (TPSA) is 50.1 Å². The lowest BCUT2D eigenvalue weighted by Crippen LogP contribution is -2.47. The van der Waals surface area contributed by atoms with E-state index in [1.165, 1.54) is 5.56 Å². The Morgan fingerprint density at radius 2 is 1.92 bits per heavy atom. The number of piperazine rings is 1. The van der Waals surface area contributed by atoms with E-state index in [1.54, 1.807) is 0 Å². The van der Waals surface area contributed by atoms with Crippen molar-refractivity contribution in [2.75, 3.05) is 32.7 Å². The Balaban J connectivity index is 1.64. The number of rotatable bonds is 8. The number of tetrazole rings is 1. The largest absolute Gasteiger partial charge is 0.297 e. The Morgan fingerprint density at radius 1 is 1.16 bits per heavy atom.